The fourth-order valence-electron chi connectivity index (χ4n) is 1.06. The molecule has 0 saturated carbocycles. The highest BCUT2D eigenvalue weighted by Gasteiger charge is 2.31. The molecule has 0 fully saturated rings. The first-order chi connectivity index (χ1) is 7.92. The minimum absolute atomic E-state index is 0.522. The van der Waals surface area contributed by atoms with Gasteiger partial charge in [-0.3, -0.25) is 15.6 Å². The van der Waals surface area contributed by atoms with Crippen LogP contribution in [0.2, 0.25) is 0 Å². The monoisotopic (exact) mass is 303 g/mol. The molecule has 0 aliphatic rings. The van der Waals surface area contributed by atoms with Crippen LogP contribution in [0.1, 0.15) is 5.56 Å². The van der Waals surface area contributed by atoms with Gasteiger partial charge < -0.3 is 0 Å². The number of rotatable bonds is 3. The lowest BCUT2D eigenvalue weighted by Crippen LogP contribution is -2.28. The van der Waals surface area contributed by atoms with Crippen LogP contribution in [0.5, 0.6) is 0 Å². The average molecular weight is 303 g/mol. The van der Waals surface area contributed by atoms with Crippen LogP contribution in [0.4, 0.5) is 13.2 Å². The normalized spacial score (nSPS) is 13.6. The first-order valence-electron chi connectivity index (χ1n) is 4.30. The number of nitrogens with one attached hydrogen (secondary N) is 1. The van der Waals surface area contributed by atoms with Gasteiger partial charge in [0.25, 0.3) is 7.59 Å². The molecule has 102 valence electrons. The van der Waals surface area contributed by atoms with Gasteiger partial charge in [0, 0.05) is 0 Å². The van der Waals surface area contributed by atoms with Crippen molar-refractivity contribution in [2.45, 2.75) is 11.1 Å². The Kier molecular flexibility index (Phi) is 3.89. The van der Waals surface area contributed by atoms with Crippen LogP contribution in [0.15, 0.2) is 29.2 Å². The molecule has 0 aliphatic carbocycles. The molecule has 1 aromatic rings. The molecule has 0 radical (unpaired) electrons. The molecule has 0 heterocycles. The third-order valence-electron chi connectivity index (χ3n) is 1.75. The molecule has 0 aliphatic heterocycles. The van der Waals surface area contributed by atoms with E-state index in [1.807, 2.05) is 0 Å². The van der Waals surface area contributed by atoms with Crippen LogP contribution in [0.3, 0.4) is 0 Å². The van der Waals surface area contributed by atoms with Crippen molar-refractivity contribution in [3.8, 4) is 0 Å². The van der Waals surface area contributed by atoms with E-state index in [4.69, 9.17) is 11.0 Å². The molecule has 1 rings (SSSR count). The van der Waals surface area contributed by atoms with Crippen molar-refractivity contribution in [2.75, 3.05) is 0 Å². The van der Waals surface area contributed by atoms with Crippen LogP contribution in [0, 0.1) is 0 Å². The summed E-state index contributed by atoms with van der Waals surface area (Å²) in [5.41, 5.74) is 8.63. The van der Waals surface area contributed by atoms with Crippen molar-refractivity contribution in [1.29, 1.82) is 0 Å². The molecular weight excluding hydrogens is 294 g/mol. The number of hydrogen-bond donors (Lipinski definition) is 3. The maximum atomic E-state index is 12.2. The summed E-state index contributed by atoms with van der Waals surface area (Å²) in [7, 11) is -8.37. The van der Waals surface area contributed by atoms with E-state index in [9.17, 15) is 26.2 Å². The number of hydrogen-bond acceptors (Lipinski definition) is 3. The molecule has 0 aromatic heterocycles. The number of nitrogens with two attached hydrogens (primary N) is 2. The second kappa shape index (κ2) is 4.63. The highest BCUT2D eigenvalue weighted by molar-refractivity contribution is 7.95. The van der Waals surface area contributed by atoms with E-state index in [2.05, 4.69) is 0 Å². The lowest BCUT2D eigenvalue weighted by atomic mass is 10.2. The lowest BCUT2D eigenvalue weighted by molar-refractivity contribution is -0.137. The molecule has 6 nitrogen and oxygen atoms in total. The second-order valence-electron chi connectivity index (χ2n) is 3.33. The summed E-state index contributed by atoms with van der Waals surface area (Å²) >= 11 is 0. The van der Waals surface area contributed by atoms with E-state index in [0.29, 0.717) is 24.3 Å². The molecule has 18 heavy (non-hydrogen) atoms. The van der Waals surface area contributed by atoms with Crippen LogP contribution in [0.25, 0.3) is 0 Å². The summed E-state index contributed by atoms with van der Waals surface area (Å²) in [6.07, 6.45) is -4.58. The molecule has 0 spiro atoms. The zero-order chi connectivity index (χ0) is 14.2. The summed E-state index contributed by atoms with van der Waals surface area (Å²) in [4.78, 5) is -0.522. The summed E-state index contributed by atoms with van der Waals surface area (Å²) in [5, 5.41) is 0. The molecule has 0 amide bonds. The van der Waals surface area contributed by atoms with E-state index in [1.165, 1.54) is 4.49 Å². The minimum atomic E-state index is -4.58. The predicted octanol–water partition coefficient (Wildman–Crippen LogP) is 1.01. The summed E-state index contributed by atoms with van der Waals surface area (Å²) in [6, 6.07) is 2.57. The summed E-state index contributed by atoms with van der Waals surface area (Å²) in [5.74, 6) is 0. The van der Waals surface area contributed by atoms with Gasteiger partial charge in [-0.15, -0.1) is 4.49 Å². The SMILES string of the molecule is NP(N)(=O)NS(=O)(=O)c1ccc(C(F)(F)F)cc1. The number of benzene rings is 1. The number of alkyl halides is 3. The quantitative estimate of drug-likeness (QED) is 0.721. The second-order valence-corrected chi connectivity index (χ2v) is 6.95. The molecule has 0 saturated heterocycles. The van der Waals surface area contributed by atoms with E-state index in [-0.39, 0.29) is 0 Å². The zero-order valence-corrected chi connectivity index (χ0v) is 10.4. The van der Waals surface area contributed by atoms with Gasteiger partial charge in [0.2, 0.25) is 10.0 Å². The molecule has 0 atom stereocenters. The predicted molar refractivity (Wildman–Crippen MR) is 57.7 cm³/mol. The maximum absolute atomic E-state index is 12.2. The average Bonchev–Trinajstić information content (AvgIpc) is 2.13. The Morgan fingerprint density at radius 2 is 1.56 bits per heavy atom. The Morgan fingerprint density at radius 3 is 1.89 bits per heavy atom. The standard InChI is InChI=1S/C7H9F3N3O3PS/c8-7(9,10)5-1-3-6(4-2-5)18(15,16)13-17(11,12)14/h1-4H,(H5,11,12,13,14). The molecular formula is C7H9F3N3O3PS. The lowest BCUT2D eigenvalue weighted by Gasteiger charge is -2.11. The Bertz CT molecular complexity index is 578. The topological polar surface area (TPSA) is 115 Å². The van der Waals surface area contributed by atoms with Crippen LogP contribution in [-0.4, -0.2) is 8.42 Å². The third kappa shape index (κ3) is 4.07. The maximum Gasteiger partial charge on any atom is 0.416 e. The number of sulfonamides is 1. The van der Waals surface area contributed by atoms with Crippen molar-refractivity contribution in [3.63, 3.8) is 0 Å². The smallest absolute Gasteiger partial charge is 0.270 e. The van der Waals surface area contributed by atoms with Gasteiger partial charge in [-0.25, -0.2) is 8.42 Å². The Morgan fingerprint density at radius 1 is 1.11 bits per heavy atom. The summed E-state index contributed by atoms with van der Waals surface area (Å²) < 4.78 is 72.1. The first kappa shape index (κ1) is 15.1. The van der Waals surface area contributed by atoms with Gasteiger partial charge in [0.1, 0.15) is 0 Å². The summed E-state index contributed by atoms with van der Waals surface area (Å²) in [6.45, 7) is 0. The molecule has 0 unspecified atom stereocenters. The Balaban J connectivity index is 3.10. The van der Waals surface area contributed by atoms with Crippen LogP contribution >= 0.6 is 7.59 Å². The van der Waals surface area contributed by atoms with Crippen LogP contribution < -0.4 is 15.5 Å². The molecule has 1 aromatic carbocycles. The minimum Gasteiger partial charge on any atom is -0.270 e. The van der Waals surface area contributed by atoms with E-state index >= 15 is 0 Å². The molecule has 0 bridgehead atoms. The van der Waals surface area contributed by atoms with Gasteiger partial charge in [0.05, 0.1) is 10.5 Å². The van der Waals surface area contributed by atoms with Gasteiger partial charge in [-0.2, -0.15) is 13.2 Å². The Labute approximate surface area is 101 Å². The van der Waals surface area contributed by atoms with E-state index in [0.717, 1.165) is 0 Å². The van der Waals surface area contributed by atoms with Crippen LogP contribution in [-0.2, 0) is 20.8 Å². The van der Waals surface area contributed by atoms with Crippen molar-refractivity contribution >= 4 is 17.6 Å². The number of halogens is 3. The largest absolute Gasteiger partial charge is 0.416 e. The van der Waals surface area contributed by atoms with E-state index in [1.54, 1.807) is 0 Å². The van der Waals surface area contributed by atoms with Crippen molar-refractivity contribution in [3.05, 3.63) is 29.8 Å². The van der Waals surface area contributed by atoms with Crippen molar-refractivity contribution in [1.82, 2.24) is 4.49 Å². The molecule has 11 heteroatoms. The first-order valence-corrected chi connectivity index (χ1v) is 7.63. The van der Waals surface area contributed by atoms with Crippen molar-refractivity contribution in [2.24, 2.45) is 11.0 Å². The highest BCUT2D eigenvalue weighted by atomic mass is 32.2. The molecule has 5 N–H and O–H groups in total. The van der Waals surface area contributed by atoms with E-state index < -0.39 is 34.3 Å². The fourth-order valence-corrected chi connectivity index (χ4v) is 3.48. The Hall–Kier alpha value is -0.930. The zero-order valence-electron chi connectivity index (χ0n) is 8.68. The van der Waals surface area contributed by atoms with Gasteiger partial charge in [-0.1, -0.05) is 0 Å². The highest BCUT2D eigenvalue weighted by Crippen LogP contribution is 2.30. The fraction of sp³-hybridized carbons (Fsp3) is 0.143. The van der Waals surface area contributed by atoms with Gasteiger partial charge in [0.15, 0.2) is 0 Å². The van der Waals surface area contributed by atoms with Crippen molar-refractivity contribution < 1.29 is 26.2 Å². The van der Waals surface area contributed by atoms with Gasteiger partial charge in [-0.05, 0) is 24.3 Å². The third-order valence-corrected chi connectivity index (χ3v) is 4.75. The van der Waals surface area contributed by atoms with Gasteiger partial charge >= 0.3 is 6.18 Å².